The van der Waals surface area contributed by atoms with E-state index < -0.39 is 10.0 Å². The summed E-state index contributed by atoms with van der Waals surface area (Å²) in [6, 6.07) is 9.53. The van der Waals surface area contributed by atoms with Crippen molar-refractivity contribution in [2.24, 2.45) is 0 Å². The summed E-state index contributed by atoms with van der Waals surface area (Å²) in [7, 11) is -3.65. The third kappa shape index (κ3) is 3.63. The molecule has 0 N–H and O–H groups in total. The Labute approximate surface area is 149 Å². The smallest absolute Gasteiger partial charge is 0.247 e. The Morgan fingerprint density at radius 3 is 2.28 bits per heavy atom. The first-order valence-corrected chi connectivity index (χ1v) is 10.0. The summed E-state index contributed by atoms with van der Waals surface area (Å²) in [6.07, 6.45) is 1.39. The predicted octanol–water partition coefficient (Wildman–Crippen LogP) is 2.93. The van der Waals surface area contributed by atoms with Crippen LogP contribution >= 0.6 is 0 Å². The van der Waals surface area contributed by atoms with Crippen LogP contribution in [0.1, 0.15) is 33.7 Å². The van der Waals surface area contributed by atoms with Crippen LogP contribution in [0.5, 0.6) is 0 Å². The van der Waals surface area contributed by atoms with E-state index in [4.69, 9.17) is 4.74 Å². The summed E-state index contributed by atoms with van der Waals surface area (Å²) in [5.41, 5.74) is 1.30. The van der Waals surface area contributed by atoms with E-state index in [-0.39, 0.29) is 23.1 Å². The summed E-state index contributed by atoms with van der Waals surface area (Å²) < 4.78 is 35.6. The lowest BCUT2D eigenvalue weighted by molar-refractivity contribution is -0.0440. The summed E-state index contributed by atoms with van der Waals surface area (Å²) in [6.45, 7) is 8.47. The van der Waals surface area contributed by atoms with Crippen LogP contribution < -0.4 is 0 Å². The molecule has 0 bridgehead atoms. The first-order valence-electron chi connectivity index (χ1n) is 8.59. The van der Waals surface area contributed by atoms with Gasteiger partial charge < -0.3 is 4.74 Å². The Balaban J connectivity index is 2.09. The number of ether oxygens (including phenoxy) is 1. The van der Waals surface area contributed by atoms with Gasteiger partial charge in [0.2, 0.25) is 10.0 Å². The standard InChI is InChI=1S/C18H25N3O3S/c1-13(2)21-12-17(18(19-21)16-8-6-5-7-9-16)25(22,23)20-10-14(3)24-15(4)11-20/h5-9,12-15H,10-11H2,1-4H3. The van der Waals surface area contributed by atoms with E-state index in [1.165, 1.54) is 4.31 Å². The van der Waals surface area contributed by atoms with Gasteiger partial charge in [0, 0.05) is 30.9 Å². The van der Waals surface area contributed by atoms with Crippen molar-refractivity contribution in [3.8, 4) is 11.3 Å². The van der Waals surface area contributed by atoms with Gasteiger partial charge in [0.05, 0.1) is 12.2 Å². The van der Waals surface area contributed by atoms with Crippen molar-refractivity contribution in [1.82, 2.24) is 14.1 Å². The molecule has 7 heteroatoms. The van der Waals surface area contributed by atoms with Gasteiger partial charge in [-0.25, -0.2) is 8.42 Å². The van der Waals surface area contributed by atoms with Gasteiger partial charge >= 0.3 is 0 Å². The number of hydrogen-bond acceptors (Lipinski definition) is 4. The maximum absolute atomic E-state index is 13.3. The molecule has 2 unspecified atom stereocenters. The Kier molecular flexibility index (Phi) is 4.99. The van der Waals surface area contributed by atoms with Crippen LogP contribution in [0, 0.1) is 0 Å². The van der Waals surface area contributed by atoms with Gasteiger partial charge in [0.25, 0.3) is 0 Å². The van der Waals surface area contributed by atoms with Crippen molar-refractivity contribution in [3.05, 3.63) is 36.5 Å². The van der Waals surface area contributed by atoms with Crippen LogP contribution in [0.2, 0.25) is 0 Å². The highest BCUT2D eigenvalue weighted by Gasteiger charge is 2.35. The average molecular weight is 363 g/mol. The molecule has 2 heterocycles. The van der Waals surface area contributed by atoms with Gasteiger partial charge in [0.15, 0.2) is 0 Å². The Morgan fingerprint density at radius 1 is 1.12 bits per heavy atom. The highest BCUT2D eigenvalue weighted by Crippen LogP contribution is 2.30. The highest BCUT2D eigenvalue weighted by molar-refractivity contribution is 7.89. The Morgan fingerprint density at radius 2 is 1.72 bits per heavy atom. The molecule has 6 nitrogen and oxygen atoms in total. The lowest BCUT2D eigenvalue weighted by Crippen LogP contribution is -2.48. The van der Waals surface area contributed by atoms with Gasteiger partial charge in [-0.3, -0.25) is 4.68 Å². The molecule has 136 valence electrons. The second-order valence-electron chi connectivity index (χ2n) is 6.86. The molecule has 1 saturated heterocycles. The molecule has 1 aliphatic rings. The van der Waals surface area contributed by atoms with Crippen molar-refractivity contribution in [2.45, 2.75) is 50.8 Å². The largest absolute Gasteiger partial charge is 0.373 e. The van der Waals surface area contributed by atoms with Gasteiger partial charge in [0.1, 0.15) is 10.6 Å². The predicted molar refractivity (Wildman–Crippen MR) is 96.8 cm³/mol. The first kappa shape index (κ1) is 18.1. The van der Waals surface area contributed by atoms with Crippen molar-refractivity contribution in [2.75, 3.05) is 13.1 Å². The summed E-state index contributed by atoms with van der Waals surface area (Å²) in [4.78, 5) is 0.258. The van der Waals surface area contributed by atoms with Gasteiger partial charge in [-0.1, -0.05) is 30.3 Å². The number of hydrogen-bond donors (Lipinski definition) is 0. The Hall–Kier alpha value is -1.70. The molecule has 1 aromatic heterocycles. The third-order valence-electron chi connectivity index (χ3n) is 4.28. The van der Waals surface area contributed by atoms with Crippen molar-refractivity contribution < 1.29 is 13.2 Å². The molecule has 3 rings (SSSR count). The maximum atomic E-state index is 13.3. The molecule has 0 amide bonds. The molecular weight excluding hydrogens is 338 g/mol. The zero-order valence-electron chi connectivity index (χ0n) is 15.1. The molecule has 0 saturated carbocycles. The summed E-state index contributed by atoms with van der Waals surface area (Å²) in [5, 5.41) is 4.56. The molecule has 0 radical (unpaired) electrons. The van der Waals surface area contributed by atoms with Crippen molar-refractivity contribution in [1.29, 1.82) is 0 Å². The van der Waals surface area contributed by atoms with Crippen LogP contribution in [-0.4, -0.2) is 47.8 Å². The van der Waals surface area contributed by atoms with Crippen molar-refractivity contribution in [3.63, 3.8) is 0 Å². The van der Waals surface area contributed by atoms with Crippen LogP contribution in [0.4, 0.5) is 0 Å². The Bertz CT molecular complexity index is 821. The fraction of sp³-hybridized carbons (Fsp3) is 0.500. The zero-order valence-corrected chi connectivity index (χ0v) is 15.9. The monoisotopic (exact) mass is 363 g/mol. The van der Waals surface area contributed by atoms with Crippen molar-refractivity contribution >= 4 is 10.0 Å². The van der Waals surface area contributed by atoms with Crippen LogP contribution in [0.25, 0.3) is 11.3 Å². The number of nitrogens with zero attached hydrogens (tertiary/aromatic N) is 3. The average Bonchev–Trinajstić information content (AvgIpc) is 3.01. The highest BCUT2D eigenvalue weighted by atomic mass is 32.2. The third-order valence-corrected chi connectivity index (χ3v) is 6.11. The van der Waals surface area contributed by atoms with E-state index in [9.17, 15) is 8.42 Å². The molecule has 1 aromatic carbocycles. The molecule has 2 aromatic rings. The van der Waals surface area contributed by atoms with E-state index in [0.29, 0.717) is 18.8 Å². The fourth-order valence-electron chi connectivity index (χ4n) is 3.09. The van der Waals surface area contributed by atoms with Gasteiger partial charge in [-0.05, 0) is 27.7 Å². The normalized spacial score (nSPS) is 22.4. The molecule has 25 heavy (non-hydrogen) atoms. The number of aromatic nitrogens is 2. The number of rotatable bonds is 4. The molecule has 1 aliphatic heterocycles. The molecule has 0 aliphatic carbocycles. The molecule has 1 fully saturated rings. The number of sulfonamides is 1. The SMILES string of the molecule is CC1CN(S(=O)(=O)c2cn(C(C)C)nc2-c2ccccc2)CC(C)O1. The van der Waals surface area contributed by atoms with E-state index in [0.717, 1.165) is 5.56 Å². The number of morpholine rings is 1. The van der Waals surface area contributed by atoms with E-state index in [2.05, 4.69) is 5.10 Å². The van der Waals surface area contributed by atoms with E-state index >= 15 is 0 Å². The minimum Gasteiger partial charge on any atom is -0.373 e. The minimum absolute atomic E-state index is 0.0777. The fourth-order valence-corrected chi connectivity index (χ4v) is 4.83. The summed E-state index contributed by atoms with van der Waals surface area (Å²) >= 11 is 0. The first-order chi connectivity index (χ1) is 11.8. The lowest BCUT2D eigenvalue weighted by atomic mass is 10.2. The number of benzene rings is 1. The molecule has 0 spiro atoms. The quantitative estimate of drug-likeness (QED) is 0.838. The van der Waals surface area contributed by atoms with E-state index in [1.54, 1.807) is 10.9 Å². The van der Waals surface area contributed by atoms with Gasteiger partial charge in [-0.15, -0.1) is 0 Å². The summed E-state index contributed by atoms with van der Waals surface area (Å²) in [5.74, 6) is 0. The minimum atomic E-state index is -3.65. The van der Waals surface area contributed by atoms with E-state index in [1.807, 2.05) is 58.0 Å². The zero-order chi connectivity index (χ0) is 18.2. The molecule has 2 atom stereocenters. The topological polar surface area (TPSA) is 64.4 Å². The maximum Gasteiger partial charge on any atom is 0.247 e. The molecular formula is C18H25N3O3S. The van der Waals surface area contributed by atoms with Crippen LogP contribution in [0.15, 0.2) is 41.4 Å². The second kappa shape index (κ2) is 6.90. The van der Waals surface area contributed by atoms with Crippen LogP contribution in [0.3, 0.4) is 0 Å². The lowest BCUT2D eigenvalue weighted by Gasteiger charge is -2.34. The second-order valence-corrected chi connectivity index (χ2v) is 8.77. The van der Waals surface area contributed by atoms with Crippen LogP contribution in [-0.2, 0) is 14.8 Å². The van der Waals surface area contributed by atoms with Gasteiger partial charge in [-0.2, -0.15) is 9.40 Å².